The van der Waals surface area contributed by atoms with Gasteiger partial charge in [-0.25, -0.2) is 0 Å². The molecule has 9 aromatic carbocycles. The van der Waals surface area contributed by atoms with Crippen molar-refractivity contribution in [1.29, 1.82) is 0 Å². The smallest absolute Gasteiger partial charge is 0.198 e. The van der Waals surface area contributed by atoms with E-state index in [2.05, 4.69) is 263 Å². The van der Waals surface area contributed by atoms with Gasteiger partial charge in [-0.2, -0.15) is 0 Å². The second-order valence-corrected chi connectivity index (χ2v) is 22.9. The van der Waals surface area contributed by atoms with Gasteiger partial charge in [0, 0.05) is 61.3 Å². The first-order valence-corrected chi connectivity index (χ1v) is 26.1. The van der Waals surface area contributed by atoms with Gasteiger partial charge in [-0.15, -0.1) is 0 Å². The van der Waals surface area contributed by atoms with Gasteiger partial charge in [0.15, 0.2) is 7.28 Å². The Hall–Kier alpha value is -8.02. The molecule has 2 aliphatic rings. The number of nitrogens with zero attached hydrogens (tertiary/aromatic N) is 2. The molecule has 1 aliphatic carbocycles. The highest BCUT2D eigenvalue weighted by molar-refractivity contribution is 6.74. The van der Waals surface area contributed by atoms with Crippen LogP contribution in [0.4, 0.5) is 28.4 Å². The van der Waals surface area contributed by atoms with Crippen LogP contribution in [0.25, 0.3) is 72.0 Å². The van der Waals surface area contributed by atoms with E-state index in [1.807, 2.05) is 0 Å². The minimum absolute atomic E-state index is 0.000518. The summed E-state index contributed by atoms with van der Waals surface area (Å²) in [4.78, 5) is 2.50. The fraction of sp³-hybridized carbons (Fsp3) is 0.176. The standard InChI is InChI=1S/C68H60BN3O/c1-66(2,3)45-32-34-46(35-33-45)70-56-31-21-20-30-49(56)50-39-59(71(47-26-16-10-17-27-47)48-28-18-11-19-29-48)62-51-38-53-54(68(6,7)37-36-67(53,4)5)41-57(51)72-58-40-52-60(42-55(58)69-63(50)64(62)72)73-65(44-24-14-9-15-25-44)61(52)43-22-12-8-13-23-43/h8-35,38-42,69-70H,36-37H2,1-7H3. The summed E-state index contributed by atoms with van der Waals surface area (Å²) in [7, 11) is 0.720. The Morgan fingerprint density at radius 1 is 0.575 bits per heavy atom. The van der Waals surface area contributed by atoms with Gasteiger partial charge < -0.3 is 19.2 Å². The Balaban J connectivity index is 1.18. The third kappa shape index (κ3) is 7.42. The highest BCUT2D eigenvalue weighted by atomic mass is 16.3. The van der Waals surface area contributed by atoms with Crippen molar-refractivity contribution >= 4 is 79.4 Å². The maximum absolute atomic E-state index is 7.11. The number of fused-ring (bicyclic) bond motifs is 7. The van der Waals surface area contributed by atoms with Gasteiger partial charge in [0.2, 0.25) is 0 Å². The lowest BCUT2D eigenvalue weighted by Crippen LogP contribution is -2.37. The van der Waals surface area contributed by atoms with E-state index < -0.39 is 0 Å². The molecule has 0 saturated heterocycles. The Bertz CT molecular complexity index is 3880. The summed E-state index contributed by atoms with van der Waals surface area (Å²) in [5.41, 5.74) is 22.6. The number of aromatic nitrogens is 1. The van der Waals surface area contributed by atoms with Crippen molar-refractivity contribution in [2.45, 2.75) is 77.6 Å². The van der Waals surface area contributed by atoms with Gasteiger partial charge in [-0.3, -0.25) is 0 Å². The van der Waals surface area contributed by atoms with E-state index in [0.29, 0.717) is 0 Å². The number of benzene rings is 9. The number of furan rings is 1. The van der Waals surface area contributed by atoms with E-state index in [0.717, 1.165) is 87.5 Å². The number of hydrogen-bond donors (Lipinski definition) is 1. The summed E-state index contributed by atoms with van der Waals surface area (Å²) in [5, 5.41) is 7.57. The van der Waals surface area contributed by atoms with E-state index in [4.69, 9.17) is 4.42 Å². The van der Waals surface area contributed by atoms with Crippen LogP contribution in [0, 0.1) is 0 Å². The normalized spacial score (nSPS) is 14.5. The van der Waals surface area contributed by atoms with Crippen LogP contribution in [0.15, 0.2) is 205 Å². The molecule has 0 spiro atoms. The number of nitrogens with one attached hydrogen (secondary N) is 1. The molecule has 0 amide bonds. The maximum atomic E-state index is 7.11. The molecule has 0 bridgehead atoms. The minimum Gasteiger partial charge on any atom is -0.455 e. The predicted octanol–water partition coefficient (Wildman–Crippen LogP) is 17.1. The summed E-state index contributed by atoms with van der Waals surface area (Å²) >= 11 is 0. The number of rotatable bonds is 8. The van der Waals surface area contributed by atoms with Crippen LogP contribution < -0.4 is 21.1 Å². The second-order valence-electron chi connectivity index (χ2n) is 22.9. The first kappa shape index (κ1) is 44.9. The molecular formula is C68H60BN3O. The zero-order valence-corrected chi connectivity index (χ0v) is 43.0. The molecule has 0 saturated carbocycles. The van der Waals surface area contributed by atoms with E-state index in [1.165, 1.54) is 60.7 Å². The van der Waals surface area contributed by atoms with Gasteiger partial charge in [0.1, 0.15) is 11.3 Å². The van der Waals surface area contributed by atoms with Crippen LogP contribution in [0.1, 0.15) is 78.0 Å². The molecule has 3 heterocycles. The quantitative estimate of drug-likeness (QED) is 0.154. The largest absolute Gasteiger partial charge is 0.455 e. The van der Waals surface area contributed by atoms with Gasteiger partial charge in [-0.05, 0) is 135 Å². The zero-order chi connectivity index (χ0) is 49.8. The summed E-state index contributed by atoms with van der Waals surface area (Å²) in [6.07, 6.45) is 2.27. The third-order valence-corrected chi connectivity index (χ3v) is 16.2. The van der Waals surface area contributed by atoms with Crippen LogP contribution in [-0.2, 0) is 16.2 Å². The van der Waals surface area contributed by atoms with Crippen molar-refractivity contribution in [3.63, 3.8) is 0 Å². The summed E-state index contributed by atoms with van der Waals surface area (Å²) in [5.74, 6) is 0.891. The van der Waals surface area contributed by atoms with E-state index in [-0.39, 0.29) is 16.2 Å². The first-order chi connectivity index (χ1) is 35.3. The molecule has 0 atom stereocenters. The molecule has 2 aromatic heterocycles. The predicted molar refractivity (Wildman–Crippen MR) is 312 cm³/mol. The lowest BCUT2D eigenvalue weighted by molar-refractivity contribution is 0.332. The van der Waals surface area contributed by atoms with Gasteiger partial charge in [0.05, 0.1) is 16.7 Å². The number of para-hydroxylation sites is 3. The summed E-state index contributed by atoms with van der Waals surface area (Å²) < 4.78 is 9.77. The van der Waals surface area contributed by atoms with Crippen molar-refractivity contribution in [2.24, 2.45) is 0 Å². The van der Waals surface area contributed by atoms with Crippen molar-refractivity contribution in [3.05, 3.63) is 217 Å². The number of anilines is 5. The van der Waals surface area contributed by atoms with Crippen LogP contribution in [0.3, 0.4) is 0 Å². The van der Waals surface area contributed by atoms with E-state index >= 15 is 0 Å². The van der Waals surface area contributed by atoms with Crippen molar-refractivity contribution in [2.75, 3.05) is 10.2 Å². The van der Waals surface area contributed by atoms with Crippen molar-refractivity contribution in [3.8, 4) is 39.3 Å². The van der Waals surface area contributed by atoms with Gasteiger partial charge in [0.25, 0.3) is 0 Å². The highest BCUT2D eigenvalue weighted by Crippen LogP contribution is 2.52. The zero-order valence-electron chi connectivity index (χ0n) is 43.0. The SMILES string of the molecule is CC(C)(C)c1ccc(Nc2ccccc2-c2cc(N(c3ccccc3)c3ccccc3)c3c4cc5c(cc4n4c3c2Bc2cc3oc(-c6ccccc6)c(-c6ccccc6)c3cc2-4)C(C)(C)CCC5(C)C)cc1. The monoisotopic (exact) mass is 945 g/mol. The Morgan fingerprint density at radius 2 is 1.15 bits per heavy atom. The fourth-order valence-electron chi connectivity index (χ4n) is 12.2. The lowest BCUT2D eigenvalue weighted by Gasteiger charge is -2.42. The topological polar surface area (TPSA) is 33.3 Å². The van der Waals surface area contributed by atoms with E-state index in [1.54, 1.807) is 0 Å². The molecule has 0 unspecified atom stereocenters. The van der Waals surface area contributed by atoms with Crippen LogP contribution in [0.5, 0.6) is 0 Å². The average molecular weight is 946 g/mol. The molecule has 0 fully saturated rings. The number of hydrogen-bond acceptors (Lipinski definition) is 3. The lowest BCUT2D eigenvalue weighted by atomic mass is 9.58. The van der Waals surface area contributed by atoms with E-state index in [9.17, 15) is 0 Å². The molecule has 13 rings (SSSR count). The fourth-order valence-corrected chi connectivity index (χ4v) is 12.2. The van der Waals surface area contributed by atoms with Crippen molar-refractivity contribution < 1.29 is 4.42 Å². The van der Waals surface area contributed by atoms with Gasteiger partial charge >= 0.3 is 0 Å². The Kier molecular flexibility index (Phi) is 10.3. The molecule has 73 heavy (non-hydrogen) atoms. The first-order valence-electron chi connectivity index (χ1n) is 26.1. The molecule has 5 heteroatoms. The highest BCUT2D eigenvalue weighted by Gasteiger charge is 2.40. The molecule has 1 N–H and O–H groups in total. The Morgan fingerprint density at radius 3 is 1.78 bits per heavy atom. The van der Waals surface area contributed by atoms with Crippen LogP contribution >= 0.6 is 0 Å². The molecule has 356 valence electrons. The van der Waals surface area contributed by atoms with Crippen LogP contribution in [0.2, 0.25) is 0 Å². The molecule has 11 aromatic rings. The minimum atomic E-state index is -0.000518. The molecular weight excluding hydrogens is 886 g/mol. The molecule has 4 nitrogen and oxygen atoms in total. The van der Waals surface area contributed by atoms with Crippen molar-refractivity contribution in [1.82, 2.24) is 4.57 Å². The second kappa shape index (κ2) is 16.8. The molecule has 0 radical (unpaired) electrons. The Labute approximate surface area is 430 Å². The third-order valence-electron chi connectivity index (χ3n) is 16.2. The maximum Gasteiger partial charge on any atom is 0.198 e. The van der Waals surface area contributed by atoms with Gasteiger partial charge in [-0.1, -0.05) is 181 Å². The molecule has 1 aliphatic heterocycles. The van der Waals surface area contributed by atoms with Crippen LogP contribution in [-0.4, -0.2) is 11.8 Å². The average Bonchev–Trinajstić information content (AvgIpc) is 3.96. The summed E-state index contributed by atoms with van der Waals surface area (Å²) in [6.45, 7) is 16.6. The summed E-state index contributed by atoms with van der Waals surface area (Å²) in [6, 6.07) is 73.7.